The number of benzene rings is 2. The van der Waals surface area contributed by atoms with Gasteiger partial charge >= 0.3 is 0 Å². The number of fused-ring (bicyclic) bond motifs is 1. The van der Waals surface area contributed by atoms with Crippen LogP contribution in [0.2, 0.25) is 0 Å². The number of amides is 4. The molecule has 0 radical (unpaired) electrons. The van der Waals surface area contributed by atoms with Crippen LogP contribution in [-0.2, 0) is 20.9 Å². The number of hydrogen-bond acceptors (Lipinski definition) is 5. The summed E-state index contributed by atoms with van der Waals surface area (Å²) in [5.74, 6) is 5.39. The first kappa shape index (κ1) is 23.8. The van der Waals surface area contributed by atoms with E-state index in [0.29, 0.717) is 43.5 Å². The number of hydrogen-bond donors (Lipinski definition) is 2. The van der Waals surface area contributed by atoms with E-state index in [1.807, 2.05) is 12.1 Å². The molecule has 5 rings (SSSR count). The highest BCUT2D eigenvalue weighted by atomic mass is 16.3. The van der Waals surface area contributed by atoms with Gasteiger partial charge in [-0.25, -0.2) is 0 Å². The maximum atomic E-state index is 13.0. The van der Waals surface area contributed by atoms with Crippen molar-refractivity contribution in [2.24, 2.45) is 5.92 Å². The van der Waals surface area contributed by atoms with Crippen molar-refractivity contribution in [1.82, 2.24) is 15.1 Å². The van der Waals surface area contributed by atoms with Gasteiger partial charge in [-0.15, -0.1) is 0 Å². The molecule has 2 saturated heterocycles. The molecule has 8 nitrogen and oxygen atoms in total. The molecule has 2 aromatic rings. The van der Waals surface area contributed by atoms with Gasteiger partial charge in [0.2, 0.25) is 11.8 Å². The maximum Gasteiger partial charge on any atom is 0.256 e. The van der Waals surface area contributed by atoms with E-state index in [2.05, 4.69) is 17.2 Å². The van der Waals surface area contributed by atoms with E-state index >= 15 is 0 Å². The fourth-order valence-corrected chi connectivity index (χ4v) is 5.08. The lowest BCUT2D eigenvalue weighted by Gasteiger charge is -2.31. The molecule has 3 aliphatic rings. The molecule has 3 heterocycles. The smallest absolute Gasteiger partial charge is 0.256 e. The molecule has 0 spiro atoms. The molecule has 184 valence electrons. The third-order valence-corrected chi connectivity index (χ3v) is 7.15. The third kappa shape index (κ3) is 4.62. The number of imide groups is 1. The van der Waals surface area contributed by atoms with Gasteiger partial charge in [-0.2, -0.15) is 0 Å². The van der Waals surface area contributed by atoms with Gasteiger partial charge in [-0.1, -0.05) is 48.2 Å². The maximum absolute atomic E-state index is 13.0. The Morgan fingerprint density at radius 3 is 2.47 bits per heavy atom. The minimum atomic E-state index is -1.16. The van der Waals surface area contributed by atoms with Gasteiger partial charge in [0.05, 0.1) is 0 Å². The van der Waals surface area contributed by atoms with Gasteiger partial charge in [-0.05, 0) is 42.5 Å². The first-order valence-electron chi connectivity index (χ1n) is 12.2. The molecule has 2 N–H and O–H groups in total. The topological polar surface area (TPSA) is 107 Å². The minimum Gasteiger partial charge on any atom is -0.378 e. The summed E-state index contributed by atoms with van der Waals surface area (Å²) in [4.78, 5) is 52.7. The Bertz CT molecular complexity index is 1270. The lowest BCUT2D eigenvalue weighted by atomic mass is 9.95. The highest BCUT2D eigenvalue weighted by molar-refractivity contribution is 6.05. The number of nitrogens with zero attached hydrogens (tertiary/aromatic N) is 2. The summed E-state index contributed by atoms with van der Waals surface area (Å²) in [6.07, 6.45) is 0.785. The Morgan fingerprint density at radius 1 is 1.00 bits per heavy atom. The van der Waals surface area contributed by atoms with Crippen LogP contribution in [0.15, 0.2) is 48.5 Å². The number of carbonyl (C=O) groups is 4. The summed E-state index contributed by atoms with van der Waals surface area (Å²) in [5.41, 5.74) is 2.69. The number of likely N-dealkylation sites (tertiary alicyclic amines) is 1. The van der Waals surface area contributed by atoms with Gasteiger partial charge in [0, 0.05) is 43.1 Å². The average Bonchev–Trinajstić information content (AvgIpc) is 3.24. The number of aliphatic hydroxyl groups is 1. The zero-order valence-corrected chi connectivity index (χ0v) is 19.8. The zero-order chi connectivity index (χ0) is 25.2. The summed E-state index contributed by atoms with van der Waals surface area (Å²) in [7, 11) is 0. The van der Waals surface area contributed by atoms with Crippen molar-refractivity contribution in [3.8, 4) is 11.8 Å². The van der Waals surface area contributed by atoms with E-state index in [1.54, 1.807) is 41.3 Å². The van der Waals surface area contributed by atoms with E-state index in [4.69, 9.17) is 0 Å². The molecule has 0 saturated carbocycles. The van der Waals surface area contributed by atoms with Gasteiger partial charge in [0.15, 0.2) is 6.10 Å². The number of nitrogens with one attached hydrogen (secondary N) is 1. The predicted molar refractivity (Wildman–Crippen MR) is 130 cm³/mol. The van der Waals surface area contributed by atoms with Crippen molar-refractivity contribution in [3.63, 3.8) is 0 Å². The van der Waals surface area contributed by atoms with E-state index in [-0.39, 0.29) is 36.6 Å². The fourth-order valence-electron chi connectivity index (χ4n) is 5.08. The molecule has 0 bridgehead atoms. The summed E-state index contributed by atoms with van der Waals surface area (Å²) < 4.78 is 0. The molecule has 36 heavy (non-hydrogen) atoms. The third-order valence-electron chi connectivity index (χ3n) is 7.15. The minimum absolute atomic E-state index is 0.0992. The molecule has 2 atom stereocenters. The monoisotopic (exact) mass is 485 g/mol. The Hall–Kier alpha value is -3.96. The average molecular weight is 486 g/mol. The lowest BCUT2D eigenvalue weighted by molar-refractivity contribution is -0.141. The molecule has 1 unspecified atom stereocenters. The predicted octanol–water partition coefficient (Wildman–Crippen LogP) is 1.77. The first-order chi connectivity index (χ1) is 17.4. The molecular formula is C28H27N3O5. The number of carbonyl (C=O) groups excluding carboxylic acids is 4. The Balaban J connectivity index is 1.23. The van der Waals surface area contributed by atoms with Gasteiger partial charge in [0.1, 0.15) is 6.04 Å². The van der Waals surface area contributed by atoms with Crippen molar-refractivity contribution in [2.45, 2.75) is 44.4 Å². The van der Waals surface area contributed by atoms with E-state index in [0.717, 1.165) is 11.1 Å². The van der Waals surface area contributed by atoms with Crippen molar-refractivity contribution in [1.29, 1.82) is 0 Å². The summed E-state index contributed by atoms with van der Waals surface area (Å²) >= 11 is 0. The molecule has 8 heteroatoms. The molecule has 2 fully saturated rings. The van der Waals surface area contributed by atoms with Crippen LogP contribution in [-0.4, -0.2) is 57.7 Å². The van der Waals surface area contributed by atoms with Crippen LogP contribution in [0.4, 0.5) is 0 Å². The molecule has 3 aliphatic heterocycles. The second-order valence-corrected chi connectivity index (χ2v) is 9.41. The van der Waals surface area contributed by atoms with Crippen LogP contribution in [0, 0.1) is 17.8 Å². The number of rotatable bonds is 3. The first-order valence-corrected chi connectivity index (χ1v) is 12.2. The highest BCUT2D eigenvalue weighted by Gasteiger charge is 2.39. The summed E-state index contributed by atoms with van der Waals surface area (Å²) in [6, 6.07) is 13.7. The lowest BCUT2D eigenvalue weighted by Crippen LogP contribution is -2.52. The van der Waals surface area contributed by atoms with Crippen molar-refractivity contribution in [3.05, 3.63) is 70.8 Å². The molecular weight excluding hydrogens is 458 g/mol. The highest BCUT2D eigenvalue weighted by Crippen LogP contribution is 2.30. The quantitative estimate of drug-likeness (QED) is 0.509. The van der Waals surface area contributed by atoms with Crippen LogP contribution < -0.4 is 5.32 Å². The Morgan fingerprint density at radius 2 is 1.75 bits per heavy atom. The SMILES string of the molecule is O=C1CCC(N2Cc3c(C#CC4CCN(C(=O)[C@H](O)c5ccccc5)CC4)cccc3C2=O)C(=O)N1. The molecule has 0 aliphatic carbocycles. The largest absolute Gasteiger partial charge is 0.378 e. The van der Waals surface area contributed by atoms with Crippen LogP contribution in [0.1, 0.15) is 58.8 Å². The van der Waals surface area contributed by atoms with E-state index in [1.165, 1.54) is 4.90 Å². The van der Waals surface area contributed by atoms with Crippen LogP contribution in [0.5, 0.6) is 0 Å². The van der Waals surface area contributed by atoms with Crippen LogP contribution in [0.3, 0.4) is 0 Å². The summed E-state index contributed by atoms with van der Waals surface area (Å²) in [6.45, 7) is 1.34. The van der Waals surface area contributed by atoms with Crippen LogP contribution >= 0.6 is 0 Å². The Labute approximate surface area is 209 Å². The summed E-state index contributed by atoms with van der Waals surface area (Å²) in [5, 5.41) is 12.7. The van der Waals surface area contributed by atoms with Crippen molar-refractivity contribution >= 4 is 23.6 Å². The molecule has 4 amide bonds. The van der Waals surface area contributed by atoms with Crippen molar-refractivity contribution < 1.29 is 24.3 Å². The molecule has 0 aromatic heterocycles. The van der Waals surface area contributed by atoms with Gasteiger partial charge in [0.25, 0.3) is 11.8 Å². The van der Waals surface area contributed by atoms with E-state index in [9.17, 15) is 24.3 Å². The Kier molecular flexibility index (Phi) is 6.57. The fraction of sp³-hybridized carbons (Fsp3) is 0.357. The van der Waals surface area contributed by atoms with Gasteiger partial charge < -0.3 is 14.9 Å². The molecule has 2 aromatic carbocycles. The van der Waals surface area contributed by atoms with E-state index < -0.39 is 18.1 Å². The standard InChI is InChI=1S/C28H27N3O5/c32-24-12-11-23(26(34)29-24)31-17-22-19(7-4-8-21(22)27(31)35)10-9-18-13-15-30(16-14-18)28(36)25(33)20-5-2-1-3-6-20/h1-8,18,23,25,33H,11-17H2,(H,29,32,34)/t23?,25-/m1/s1. The second kappa shape index (κ2) is 9.96. The normalized spacial score (nSPS) is 20.9. The zero-order valence-electron chi connectivity index (χ0n) is 19.8. The van der Waals surface area contributed by atoms with Crippen LogP contribution in [0.25, 0.3) is 0 Å². The second-order valence-electron chi connectivity index (χ2n) is 9.41. The van der Waals surface area contributed by atoms with Crippen molar-refractivity contribution in [2.75, 3.05) is 13.1 Å². The van der Waals surface area contributed by atoms with Gasteiger partial charge in [-0.3, -0.25) is 24.5 Å². The number of piperidine rings is 2. The number of aliphatic hydroxyl groups excluding tert-OH is 1.